The lowest BCUT2D eigenvalue weighted by atomic mass is 9.83. The van der Waals surface area contributed by atoms with Crippen LogP contribution in [0, 0.1) is 0 Å². The molecule has 0 aliphatic carbocycles. The summed E-state index contributed by atoms with van der Waals surface area (Å²) >= 11 is 3.53. The fraction of sp³-hybridized carbons (Fsp3) is 0.550. The summed E-state index contributed by atoms with van der Waals surface area (Å²) in [5.74, 6) is 0. The third-order valence-electron chi connectivity index (χ3n) is 4.69. The SMILES string of the molecule is CC(C)(C)OC(=O)N1C2C=C(c3cccc(CBr)c3)CC1CCC2. The average Bonchev–Trinajstić information content (AvgIpc) is 2.52. The van der Waals surface area contributed by atoms with E-state index < -0.39 is 5.60 Å². The zero-order valence-corrected chi connectivity index (χ0v) is 16.3. The number of nitrogens with zero attached hydrogens (tertiary/aromatic N) is 1. The highest BCUT2D eigenvalue weighted by Crippen LogP contribution is 2.38. The summed E-state index contributed by atoms with van der Waals surface area (Å²) in [4.78, 5) is 14.6. The molecule has 24 heavy (non-hydrogen) atoms. The predicted molar refractivity (Wildman–Crippen MR) is 101 cm³/mol. The van der Waals surface area contributed by atoms with Gasteiger partial charge in [-0.15, -0.1) is 0 Å². The highest BCUT2D eigenvalue weighted by Gasteiger charge is 2.39. The number of hydrogen-bond acceptors (Lipinski definition) is 2. The third kappa shape index (κ3) is 3.85. The Bertz CT molecular complexity index is 647. The first-order valence-electron chi connectivity index (χ1n) is 8.74. The van der Waals surface area contributed by atoms with Crippen molar-refractivity contribution in [3.8, 4) is 0 Å². The van der Waals surface area contributed by atoms with Gasteiger partial charge in [0.1, 0.15) is 5.60 Å². The molecule has 1 aromatic rings. The molecule has 1 saturated heterocycles. The summed E-state index contributed by atoms with van der Waals surface area (Å²) in [6.45, 7) is 5.78. The van der Waals surface area contributed by atoms with Crippen LogP contribution in [0.4, 0.5) is 4.79 Å². The molecule has 4 heteroatoms. The molecule has 0 radical (unpaired) electrons. The minimum absolute atomic E-state index is 0.162. The van der Waals surface area contributed by atoms with Crippen LogP contribution in [0.15, 0.2) is 30.3 Å². The lowest BCUT2D eigenvalue weighted by Gasteiger charge is -2.45. The first-order valence-corrected chi connectivity index (χ1v) is 9.87. The van der Waals surface area contributed by atoms with Gasteiger partial charge < -0.3 is 4.74 Å². The number of hydrogen-bond donors (Lipinski definition) is 0. The summed E-state index contributed by atoms with van der Waals surface area (Å²) < 4.78 is 5.64. The molecule has 1 fully saturated rings. The predicted octanol–water partition coefficient (Wildman–Crippen LogP) is 5.53. The summed E-state index contributed by atoms with van der Waals surface area (Å²) in [5.41, 5.74) is 3.49. The highest BCUT2D eigenvalue weighted by molar-refractivity contribution is 9.08. The van der Waals surface area contributed by atoms with E-state index >= 15 is 0 Å². The molecular formula is C20H26BrNO2. The molecule has 1 amide bonds. The molecule has 0 aromatic heterocycles. The van der Waals surface area contributed by atoms with E-state index in [2.05, 4.69) is 46.3 Å². The minimum atomic E-state index is -0.445. The number of alkyl halides is 1. The number of fused-ring (bicyclic) bond motifs is 2. The lowest BCUT2D eigenvalue weighted by molar-refractivity contribution is 0.0000854. The first kappa shape index (κ1) is 17.5. The van der Waals surface area contributed by atoms with E-state index in [-0.39, 0.29) is 18.2 Å². The van der Waals surface area contributed by atoms with Gasteiger partial charge in [-0.25, -0.2) is 4.79 Å². The number of carbonyl (C=O) groups excluding carboxylic acids is 1. The van der Waals surface area contributed by atoms with Gasteiger partial charge in [0, 0.05) is 11.4 Å². The van der Waals surface area contributed by atoms with Crippen molar-refractivity contribution >= 4 is 27.6 Å². The molecule has 2 bridgehead atoms. The van der Waals surface area contributed by atoms with Gasteiger partial charge >= 0.3 is 6.09 Å². The van der Waals surface area contributed by atoms with Crippen molar-refractivity contribution in [1.82, 2.24) is 4.90 Å². The molecule has 2 aliphatic heterocycles. The highest BCUT2D eigenvalue weighted by atomic mass is 79.9. The van der Waals surface area contributed by atoms with Crippen LogP contribution in [0.2, 0.25) is 0 Å². The molecule has 0 N–H and O–H groups in total. The molecule has 3 nitrogen and oxygen atoms in total. The van der Waals surface area contributed by atoms with Crippen LogP contribution >= 0.6 is 15.9 Å². The number of amides is 1. The molecule has 1 aromatic carbocycles. The van der Waals surface area contributed by atoms with E-state index in [4.69, 9.17) is 4.74 Å². The van der Waals surface area contributed by atoms with Crippen molar-refractivity contribution in [2.24, 2.45) is 0 Å². The monoisotopic (exact) mass is 391 g/mol. The van der Waals surface area contributed by atoms with E-state index in [9.17, 15) is 4.79 Å². The summed E-state index contributed by atoms with van der Waals surface area (Å²) in [6, 6.07) is 9.09. The number of carbonyl (C=O) groups is 1. The number of benzene rings is 1. The maximum Gasteiger partial charge on any atom is 0.411 e. The summed E-state index contributed by atoms with van der Waals surface area (Å²) in [6.07, 6.45) is 6.30. The average molecular weight is 392 g/mol. The number of halogens is 1. The first-order chi connectivity index (χ1) is 11.4. The molecular weight excluding hydrogens is 366 g/mol. The van der Waals surface area contributed by atoms with Gasteiger partial charge in [0.25, 0.3) is 0 Å². The van der Waals surface area contributed by atoms with E-state index in [0.717, 1.165) is 24.6 Å². The second-order valence-corrected chi connectivity index (χ2v) is 8.33. The normalized spacial score (nSPS) is 23.7. The van der Waals surface area contributed by atoms with E-state index in [1.807, 2.05) is 25.7 Å². The Morgan fingerprint density at radius 1 is 1.33 bits per heavy atom. The van der Waals surface area contributed by atoms with Crippen LogP contribution in [0.3, 0.4) is 0 Å². The largest absolute Gasteiger partial charge is 0.444 e. The quantitative estimate of drug-likeness (QED) is 0.620. The minimum Gasteiger partial charge on any atom is -0.444 e. The van der Waals surface area contributed by atoms with Gasteiger partial charge in [0.15, 0.2) is 0 Å². The van der Waals surface area contributed by atoms with Crippen molar-refractivity contribution in [2.75, 3.05) is 0 Å². The Labute approximate surface area is 153 Å². The van der Waals surface area contributed by atoms with Gasteiger partial charge in [-0.1, -0.05) is 46.3 Å². The van der Waals surface area contributed by atoms with Gasteiger partial charge in [-0.3, -0.25) is 4.90 Å². The zero-order valence-electron chi connectivity index (χ0n) is 14.7. The fourth-order valence-corrected chi connectivity index (χ4v) is 4.05. The third-order valence-corrected chi connectivity index (χ3v) is 5.34. The van der Waals surface area contributed by atoms with Crippen molar-refractivity contribution in [3.05, 3.63) is 41.5 Å². The molecule has 2 atom stereocenters. The summed E-state index contributed by atoms with van der Waals surface area (Å²) in [7, 11) is 0. The maximum absolute atomic E-state index is 12.6. The van der Waals surface area contributed by atoms with Crippen molar-refractivity contribution in [1.29, 1.82) is 0 Å². The molecule has 130 valence electrons. The molecule has 3 rings (SSSR count). The zero-order chi connectivity index (χ0) is 17.3. The molecule has 2 unspecified atom stereocenters. The van der Waals surface area contributed by atoms with Gasteiger partial charge in [-0.05, 0) is 63.2 Å². The Kier molecular flexibility index (Phi) is 5.05. The molecule has 2 aliphatic rings. The second-order valence-electron chi connectivity index (χ2n) is 7.77. The smallest absolute Gasteiger partial charge is 0.411 e. The van der Waals surface area contributed by atoms with Gasteiger partial charge in [-0.2, -0.15) is 0 Å². The van der Waals surface area contributed by atoms with Crippen LogP contribution in [0.25, 0.3) is 5.57 Å². The Morgan fingerprint density at radius 3 is 2.79 bits per heavy atom. The lowest BCUT2D eigenvalue weighted by Crippen LogP contribution is -2.53. The van der Waals surface area contributed by atoms with Crippen LogP contribution in [-0.2, 0) is 10.1 Å². The standard InChI is InChI=1S/C20H26BrNO2/c1-20(2,3)24-19(23)22-17-8-5-9-18(22)12-16(11-17)15-7-4-6-14(10-15)13-21/h4,6-7,10-11,17-18H,5,8-9,12-13H2,1-3H3. The Balaban J connectivity index is 1.85. The van der Waals surface area contributed by atoms with Crippen LogP contribution in [-0.4, -0.2) is 28.7 Å². The molecule has 2 heterocycles. The van der Waals surface area contributed by atoms with Crippen LogP contribution in [0.1, 0.15) is 57.6 Å². The molecule has 0 saturated carbocycles. The van der Waals surface area contributed by atoms with E-state index in [1.165, 1.54) is 23.1 Å². The van der Waals surface area contributed by atoms with Crippen LogP contribution < -0.4 is 0 Å². The number of piperidine rings is 1. The van der Waals surface area contributed by atoms with Crippen molar-refractivity contribution in [2.45, 2.75) is 69.5 Å². The summed E-state index contributed by atoms with van der Waals surface area (Å²) in [5, 5.41) is 0.866. The number of ether oxygens (including phenoxy) is 1. The van der Waals surface area contributed by atoms with E-state index in [0.29, 0.717) is 0 Å². The van der Waals surface area contributed by atoms with Crippen molar-refractivity contribution < 1.29 is 9.53 Å². The second kappa shape index (κ2) is 6.91. The van der Waals surface area contributed by atoms with Gasteiger partial charge in [0.05, 0.1) is 6.04 Å². The van der Waals surface area contributed by atoms with Crippen LogP contribution in [0.5, 0.6) is 0 Å². The number of rotatable bonds is 2. The maximum atomic E-state index is 12.6. The van der Waals surface area contributed by atoms with Gasteiger partial charge in [0.2, 0.25) is 0 Å². The Morgan fingerprint density at radius 2 is 2.12 bits per heavy atom. The van der Waals surface area contributed by atoms with E-state index in [1.54, 1.807) is 0 Å². The topological polar surface area (TPSA) is 29.5 Å². The molecule has 0 spiro atoms. The van der Waals surface area contributed by atoms with Crippen molar-refractivity contribution in [3.63, 3.8) is 0 Å². The fourth-order valence-electron chi connectivity index (χ4n) is 3.70. The Hall–Kier alpha value is -1.29.